The Hall–Kier alpha value is -3.23. The van der Waals surface area contributed by atoms with E-state index in [9.17, 15) is 4.57 Å². The predicted molar refractivity (Wildman–Crippen MR) is 125 cm³/mol. The molecule has 0 aliphatic rings. The van der Waals surface area contributed by atoms with Crippen molar-refractivity contribution in [2.45, 2.75) is 26.7 Å². The van der Waals surface area contributed by atoms with Crippen LogP contribution in [0.3, 0.4) is 0 Å². The van der Waals surface area contributed by atoms with Gasteiger partial charge in [-0.2, -0.15) is 4.57 Å². The molecule has 0 radical (unpaired) electrons. The summed E-state index contributed by atoms with van der Waals surface area (Å²) >= 11 is 0. The topological polar surface area (TPSA) is 44.8 Å². The van der Waals surface area contributed by atoms with Crippen molar-refractivity contribution in [2.75, 3.05) is 0 Å². The summed E-state index contributed by atoms with van der Waals surface area (Å²) in [6.45, 7) is 4.07. The van der Waals surface area contributed by atoms with E-state index in [1.54, 1.807) is 30.3 Å². The van der Waals surface area contributed by atoms with Gasteiger partial charge < -0.3 is 13.6 Å². The Kier molecular flexibility index (Phi) is 6.29. The van der Waals surface area contributed by atoms with Crippen molar-refractivity contribution in [3.63, 3.8) is 0 Å². The second-order valence-electron chi connectivity index (χ2n) is 7.44. The maximum Gasteiger partial charge on any atom is 0.647 e. The van der Waals surface area contributed by atoms with E-state index in [1.165, 1.54) is 5.56 Å². The molecule has 0 bridgehead atoms. The Morgan fingerprint density at radius 1 is 0.677 bits per heavy atom. The maximum absolute atomic E-state index is 13.7. The van der Waals surface area contributed by atoms with Gasteiger partial charge in [0.2, 0.25) is 0 Å². The molecule has 1 atom stereocenters. The zero-order valence-corrected chi connectivity index (χ0v) is 18.5. The third-order valence-corrected chi connectivity index (χ3v) is 6.13. The van der Waals surface area contributed by atoms with Crippen LogP contribution >= 0.6 is 7.82 Å². The van der Waals surface area contributed by atoms with Crippen molar-refractivity contribution in [3.8, 4) is 17.2 Å². The Labute approximate surface area is 183 Å². The fraction of sp³-hybridized carbons (Fsp3) is 0.154. The van der Waals surface area contributed by atoms with Crippen molar-refractivity contribution in [1.29, 1.82) is 0 Å². The minimum atomic E-state index is -4.01. The average Bonchev–Trinajstić information content (AvgIpc) is 2.75. The van der Waals surface area contributed by atoms with Crippen molar-refractivity contribution in [2.24, 2.45) is 0 Å². The maximum atomic E-state index is 13.7. The van der Waals surface area contributed by atoms with E-state index >= 15 is 0 Å². The molecule has 4 aromatic rings. The number of aryl methyl sites for hydroxylation is 2. The molecular weight excluding hydrogens is 407 g/mol. The highest BCUT2D eigenvalue weighted by molar-refractivity contribution is 7.49. The van der Waals surface area contributed by atoms with Crippen LogP contribution in [0.4, 0.5) is 0 Å². The van der Waals surface area contributed by atoms with Gasteiger partial charge in [-0.3, -0.25) is 0 Å². The Morgan fingerprint density at radius 2 is 1.32 bits per heavy atom. The van der Waals surface area contributed by atoms with E-state index in [0.29, 0.717) is 17.2 Å². The van der Waals surface area contributed by atoms with E-state index in [1.807, 2.05) is 67.6 Å². The molecule has 1 unspecified atom stereocenters. The van der Waals surface area contributed by atoms with Crippen LogP contribution in [-0.4, -0.2) is 0 Å². The lowest BCUT2D eigenvalue weighted by Gasteiger charge is -2.20. The van der Waals surface area contributed by atoms with E-state index in [2.05, 4.69) is 6.92 Å². The summed E-state index contributed by atoms with van der Waals surface area (Å²) < 4.78 is 31.2. The summed E-state index contributed by atoms with van der Waals surface area (Å²) in [5.41, 5.74) is 2.18. The van der Waals surface area contributed by atoms with Gasteiger partial charge in [0, 0.05) is 0 Å². The molecule has 0 aromatic heterocycles. The van der Waals surface area contributed by atoms with Crippen LogP contribution in [0.2, 0.25) is 0 Å². The summed E-state index contributed by atoms with van der Waals surface area (Å²) in [5, 5.41) is 2.04. The van der Waals surface area contributed by atoms with Crippen LogP contribution in [0.1, 0.15) is 24.5 Å². The smallest absolute Gasteiger partial charge is 0.386 e. The van der Waals surface area contributed by atoms with E-state index in [-0.39, 0.29) is 0 Å². The zero-order chi connectivity index (χ0) is 21.7. The van der Waals surface area contributed by atoms with Gasteiger partial charge in [-0.25, -0.2) is 0 Å². The molecular formula is C26H25O4P. The molecule has 4 aromatic carbocycles. The van der Waals surface area contributed by atoms with E-state index < -0.39 is 7.82 Å². The van der Waals surface area contributed by atoms with Crippen molar-refractivity contribution >= 4 is 18.6 Å². The highest BCUT2D eigenvalue weighted by Crippen LogP contribution is 2.50. The summed E-state index contributed by atoms with van der Waals surface area (Å²) in [7, 11) is -4.01. The van der Waals surface area contributed by atoms with Gasteiger partial charge in [0.05, 0.1) is 0 Å². The van der Waals surface area contributed by atoms with Crippen LogP contribution in [0, 0.1) is 6.92 Å². The van der Waals surface area contributed by atoms with Gasteiger partial charge in [0.25, 0.3) is 0 Å². The van der Waals surface area contributed by atoms with Gasteiger partial charge in [-0.1, -0.05) is 67.9 Å². The van der Waals surface area contributed by atoms with Gasteiger partial charge in [-0.15, -0.1) is 0 Å². The lowest BCUT2D eigenvalue weighted by atomic mass is 10.1. The molecule has 4 rings (SSSR count). The second-order valence-corrected chi connectivity index (χ2v) is 8.88. The van der Waals surface area contributed by atoms with Crippen LogP contribution in [-0.2, 0) is 11.0 Å². The Morgan fingerprint density at radius 3 is 2.03 bits per heavy atom. The van der Waals surface area contributed by atoms with E-state index in [4.69, 9.17) is 13.6 Å². The molecule has 158 valence electrons. The molecule has 31 heavy (non-hydrogen) atoms. The minimum absolute atomic E-state index is 0.414. The second kappa shape index (κ2) is 9.28. The van der Waals surface area contributed by atoms with Crippen LogP contribution in [0.5, 0.6) is 17.2 Å². The first-order chi connectivity index (χ1) is 15.0. The van der Waals surface area contributed by atoms with Crippen molar-refractivity contribution < 1.29 is 18.1 Å². The monoisotopic (exact) mass is 432 g/mol. The number of phosphoric acid groups is 1. The van der Waals surface area contributed by atoms with Gasteiger partial charge in [0.15, 0.2) is 0 Å². The summed E-state index contributed by atoms with van der Waals surface area (Å²) in [5.74, 6) is 1.26. The number of hydrogen-bond donors (Lipinski definition) is 0. The standard InChI is InChI=1S/C26H25O4P/c1-3-7-21-12-15-24(16-13-21)28-31(27,29-25-11-6-8-20(2)18-25)30-26-17-14-22-9-4-5-10-23(22)19-26/h4-6,8-19H,3,7H2,1-2H3. The lowest BCUT2D eigenvalue weighted by molar-refractivity contribution is 0.298. The molecule has 0 heterocycles. The van der Waals surface area contributed by atoms with Gasteiger partial charge in [0.1, 0.15) is 17.2 Å². The molecule has 0 amide bonds. The van der Waals surface area contributed by atoms with Crippen LogP contribution in [0.25, 0.3) is 10.8 Å². The van der Waals surface area contributed by atoms with Crippen LogP contribution < -0.4 is 13.6 Å². The summed E-state index contributed by atoms with van der Waals surface area (Å²) in [6.07, 6.45) is 2.03. The number of fused-ring (bicyclic) bond motifs is 1. The highest BCUT2D eigenvalue weighted by atomic mass is 31.2. The molecule has 5 heteroatoms. The Balaban J connectivity index is 1.64. The highest BCUT2D eigenvalue weighted by Gasteiger charge is 2.33. The molecule has 0 aliphatic heterocycles. The fourth-order valence-corrected chi connectivity index (χ4v) is 4.58. The molecule has 0 fully saturated rings. The molecule has 0 aliphatic carbocycles. The minimum Gasteiger partial charge on any atom is -0.386 e. The molecule has 4 nitrogen and oxygen atoms in total. The van der Waals surface area contributed by atoms with Crippen molar-refractivity contribution in [1.82, 2.24) is 0 Å². The predicted octanol–water partition coefficient (Wildman–Crippen LogP) is 7.75. The molecule has 0 N–H and O–H groups in total. The van der Waals surface area contributed by atoms with Crippen molar-refractivity contribution in [3.05, 3.63) is 102 Å². The first-order valence-corrected chi connectivity index (χ1v) is 11.8. The number of phosphoric ester groups is 1. The first kappa shape index (κ1) is 21.0. The average molecular weight is 432 g/mol. The molecule has 0 saturated carbocycles. The third kappa shape index (κ3) is 5.48. The quantitative estimate of drug-likeness (QED) is 0.267. The number of rotatable bonds is 8. The largest absolute Gasteiger partial charge is 0.647 e. The normalized spacial score (nSPS) is 12.8. The van der Waals surface area contributed by atoms with Gasteiger partial charge >= 0.3 is 7.82 Å². The summed E-state index contributed by atoms with van der Waals surface area (Å²) in [4.78, 5) is 0. The lowest BCUT2D eigenvalue weighted by Crippen LogP contribution is -2.07. The third-order valence-electron chi connectivity index (χ3n) is 4.82. The SMILES string of the molecule is CCCc1ccc(OP(=O)(Oc2cccc(C)c2)Oc2ccc3ccccc3c2)cc1. The Bertz CT molecular complexity index is 1220. The summed E-state index contributed by atoms with van der Waals surface area (Å²) in [6, 6.07) is 28.2. The zero-order valence-electron chi connectivity index (χ0n) is 17.7. The molecule has 0 saturated heterocycles. The first-order valence-electron chi connectivity index (χ1n) is 10.4. The fourth-order valence-electron chi connectivity index (χ4n) is 3.35. The van der Waals surface area contributed by atoms with E-state index in [0.717, 1.165) is 29.2 Å². The van der Waals surface area contributed by atoms with Gasteiger partial charge in [-0.05, 0) is 71.6 Å². The number of hydrogen-bond acceptors (Lipinski definition) is 4. The molecule has 0 spiro atoms. The van der Waals surface area contributed by atoms with Crippen LogP contribution in [0.15, 0.2) is 91.0 Å². The number of benzene rings is 4.